The predicted octanol–water partition coefficient (Wildman–Crippen LogP) is 3.44. The zero-order chi connectivity index (χ0) is 17.0. The molecule has 1 spiro atoms. The molecular weight excluding hydrogens is 302 g/mol. The van der Waals surface area contributed by atoms with Gasteiger partial charge in [0, 0.05) is 32.5 Å². The first-order valence-electron chi connectivity index (χ1n) is 8.76. The number of likely N-dealkylation sites (tertiary alicyclic amines) is 1. The Morgan fingerprint density at radius 1 is 1.21 bits per heavy atom. The van der Waals surface area contributed by atoms with Gasteiger partial charge in [-0.15, -0.1) is 0 Å². The lowest BCUT2D eigenvalue weighted by atomic mass is 9.83. The van der Waals surface area contributed by atoms with Crippen molar-refractivity contribution in [2.75, 3.05) is 13.1 Å². The summed E-state index contributed by atoms with van der Waals surface area (Å²) in [4.78, 5) is 14.7. The Bertz CT molecular complexity index is 673. The van der Waals surface area contributed by atoms with E-state index in [1.54, 1.807) is 6.20 Å². The van der Waals surface area contributed by atoms with E-state index in [0.717, 1.165) is 32.5 Å². The number of rotatable bonds is 2. The minimum Gasteiger partial charge on any atom is -0.483 e. The molecule has 2 aliphatic heterocycles. The Kier molecular flexibility index (Phi) is 5.00. The average Bonchev–Trinajstić information content (AvgIpc) is 3.09. The van der Waals surface area contributed by atoms with Gasteiger partial charge in [-0.1, -0.05) is 44.2 Å². The van der Waals surface area contributed by atoms with E-state index in [4.69, 9.17) is 4.74 Å². The fraction of sp³-hybridized carbons (Fsp3) is 0.474. The molecule has 0 atom stereocenters. The molecule has 5 nitrogen and oxygen atoms in total. The maximum absolute atomic E-state index is 12.2. The number of H-pyrrole nitrogens is 1. The Balaban J connectivity index is 0.000000815. The molecule has 1 aromatic heterocycles. The van der Waals surface area contributed by atoms with Crippen LogP contribution < -0.4 is 4.74 Å². The first-order chi connectivity index (χ1) is 11.7. The Hall–Kier alpha value is -2.14. The molecule has 2 aromatic rings. The third kappa shape index (κ3) is 3.36. The van der Waals surface area contributed by atoms with Crippen LogP contribution in [-0.4, -0.2) is 39.6 Å². The summed E-state index contributed by atoms with van der Waals surface area (Å²) in [5, 5.41) is 6.66. The number of ketones is 1. The lowest BCUT2D eigenvalue weighted by molar-refractivity contribution is -0.0108. The standard InChI is InChI=1S/C17H19N3O2.C2H6/c21-14-10-17(22-15-11-18-19-16(14)15)6-8-20(9-7-17)12-13-4-2-1-3-5-13;1-2/h1-5,11H,6-10,12H2,(H,18,19);1-2H3. The van der Waals surface area contributed by atoms with E-state index < -0.39 is 0 Å². The van der Waals surface area contributed by atoms with Gasteiger partial charge < -0.3 is 4.74 Å². The van der Waals surface area contributed by atoms with E-state index in [-0.39, 0.29) is 11.4 Å². The van der Waals surface area contributed by atoms with Crippen molar-refractivity contribution in [1.29, 1.82) is 0 Å². The average molecular weight is 327 g/mol. The van der Waals surface area contributed by atoms with Crippen LogP contribution in [0.5, 0.6) is 5.75 Å². The van der Waals surface area contributed by atoms with Crippen molar-refractivity contribution in [3.05, 3.63) is 47.8 Å². The zero-order valence-electron chi connectivity index (χ0n) is 14.4. The van der Waals surface area contributed by atoms with Crippen molar-refractivity contribution in [3.8, 4) is 5.75 Å². The summed E-state index contributed by atoms with van der Waals surface area (Å²) in [7, 11) is 0. The van der Waals surface area contributed by atoms with Crippen LogP contribution in [0.15, 0.2) is 36.5 Å². The normalized spacial score (nSPS) is 19.2. The number of nitrogens with zero attached hydrogens (tertiary/aromatic N) is 2. The van der Waals surface area contributed by atoms with Gasteiger partial charge in [0.15, 0.2) is 11.5 Å². The van der Waals surface area contributed by atoms with Gasteiger partial charge in [-0.3, -0.25) is 14.8 Å². The Morgan fingerprint density at radius 2 is 1.92 bits per heavy atom. The van der Waals surface area contributed by atoms with Gasteiger partial charge in [-0.25, -0.2) is 0 Å². The van der Waals surface area contributed by atoms with Gasteiger partial charge in [0.05, 0.1) is 12.6 Å². The van der Waals surface area contributed by atoms with Crippen LogP contribution in [0.25, 0.3) is 0 Å². The molecule has 0 radical (unpaired) electrons. The third-order valence-corrected chi connectivity index (χ3v) is 4.71. The number of aromatic amines is 1. The number of fused-ring (bicyclic) bond motifs is 1. The van der Waals surface area contributed by atoms with Crippen molar-refractivity contribution < 1.29 is 9.53 Å². The van der Waals surface area contributed by atoms with Gasteiger partial charge in [-0.2, -0.15) is 5.10 Å². The first kappa shape index (κ1) is 16.7. The summed E-state index contributed by atoms with van der Waals surface area (Å²) in [6.45, 7) is 6.87. The SMILES string of the molecule is CC.O=C1CC2(CCN(Cc3ccccc3)CC2)Oc2cn[nH]c21. The maximum Gasteiger partial charge on any atom is 0.188 e. The summed E-state index contributed by atoms with van der Waals surface area (Å²) < 4.78 is 6.13. The van der Waals surface area contributed by atoms with E-state index in [1.165, 1.54) is 5.56 Å². The van der Waals surface area contributed by atoms with Crippen LogP contribution in [0, 0.1) is 0 Å². The minimum atomic E-state index is -0.332. The lowest BCUT2D eigenvalue weighted by Crippen LogP contribution is -2.50. The monoisotopic (exact) mass is 327 g/mol. The van der Waals surface area contributed by atoms with Crippen molar-refractivity contribution in [2.45, 2.75) is 45.3 Å². The molecular formula is C19H25N3O2. The summed E-state index contributed by atoms with van der Waals surface area (Å²) in [6.07, 6.45) is 3.85. The minimum absolute atomic E-state index is 0.121. The quantitative estimate of drug-likeness (QED) is 0.918. The lowest BCUT2D eigenvalue weighted by Gasteiger charge is -2.43. The van der Waals surface area contributed by atoms with Gasteiger partial charge in [0.25, 0.3) is 0 Å². The number of ether oxygens (including phenoxy) is 1. The maximum atomic E-state index is 12.2. The molecule has 0 unspecified atom stereocenters. The highest BCUT2D eigenvalue weighted by atomic mass is 16.5. The van der Waals surface area contributed by atoms with E-state index in [2.05, 4.69) is 39.4 Å². The number of nitrogens with one attached hydrogen (secondary N) is 1. The van der Waals surface area contributed by atoms with Crippen molar-refractivity contribution >= 4 is 5.78 Å². The topological polar surface area (TPSA) is 58.2 Å². The number of aromatic nitrogens is 2. The molecule has 1 N–H and O–H groups in total. The summed E-state index contributed by atoms with van der Waals surface area (Å²) in [5.74, 6) is 0.739. The van der Waals surface area contributed by atoms with E-state index in [1.807, 2.05) is 19.9 Å². The largest absolute Gasteiger partial charge is 0.483 e. The van der Waals surface area contributed by atoms with Gasteiger partial charge in [0.1, 0.15) is 11.3 Å². The molecule has 24 heavy (non-hydrogen) atoms. The second kappa shape index (κ2) is 7.18. The Morgan fingerprint density at radius 3 is 2.62 bits per heavy atom. The summed E-state index contributed by atoms with van der Waals surface area (Å²) >= 11 is 0. The molecule has 2 aliphatic rings. The number of benzene rings is 1. The highest BCUT2D eigenvalue weighted by molar-refractivity contribution is 5.98. The summed E-state index contributed by atoms with van der Waals surface area (Å²) in [6, 6.07) is 10.5. The van der Waals surface area contributed by atoms with Crippen LogP contribution in [0.4, 0.5) is 0 Å². The van der Waals surface area contributed by atoms with E-state index >= 15 is 0 Å². The number of hydrogen-bond acceptors (Lipinski definition) is 4. The van der Waals surface area contributed by atoms with E-state index in [9.17, 15) is 4.79 Å². The first-order valence-corrected chi connectivity index (χ1v) is 8.76. The fourth-order valence-electron chi connectivity index (χ4n) is 3.44. The highest BCUT2D eigenvalue weighted by Crippen LogP contribution is 2.38. The molecule has 1 saturated heterocycles. The van der Waals surface area contributed by atoms with Crippen LogP contribution in [0.1, 0.15) is 49.2 Å². The second-order valence-electron chi connectivity index (χ2n) is 6.26. The molecule has 1 fully saturated rings. The smallest absolute Gasteiger partial charge is 0.188 e. The number of carbonyl (C=O) groups excluding carboxylic acids is 1. The van der Waals surface area contributed by atoms with E-state index in [0.29, 0.717) is 17.9 Å². The molecule has 4 rings (SSSR count). The summed E-state index contributed by atoms with van der Waals surface area (Å²) in [5.41, 5.74) is 1.52. The molecule has 1 aromatic carbocycles. The van der Waals surface area contributed by atoms with Crippen molar-refractivity contribution in [2.24, 2.45) is 0 Å². The van der Waals surface area contributed by atoms with Crippen molar-refractivity contribution in [3.63, 3.8) is 0 Å². The number of piperidine rings is 1. The molecule has 0 saturated carbocycles. The van der Waals surface area contributed by atoms with Crippen LogP contribution in [0.2, 0.25) is 0 Å². The van der Waals surface area contributed by atoms with Crippen LogP contribution in [0.3, 0.4) is 0 Å². The van der Waals surface area contributed by atoms with Gasteiger partial charge in [-0.05, 0) is 5.56 Å². The molecule has 128 valence electrons. The number of Topliss-reactive ketones (excluding diaryl/α,β-unsaturated/α-hetero) is 1. The van der Waals surface area contributed by atoms with Gasteiger partial charge >= 0.3 is 0 Å². The number of carbonyl (C=O) groups is 1. The Labute approximate surface area is 143 Å². The van der Waals surface area contributed by atoms with Crippen LogP contribution in [-0.2, 0) is 6.54 Å². The van der Waals surface area contributed by atoms with Crippen LogP contribution >= 0.6 is 0 Å². The van der Waals surface area contributed by atoms with Crippen molar-refractivity contribution in [1.82, 2.24) is 15.1 Å². The van der Waals surface area contributed by atoms with Gasteiger partial charge in [0.2, 0.25) is 0 Å². The molecule has 0 amide bonds. The molecule has 0 aliphatic carbocycles. The fourth-order valence-corrected chi connectivity index (χ4v) is 3.44. The predicted molar refractivity (Wildman–Crippen MR) is 93.2 cm³/mol. The molecule has 5 heteroatoms. The highest BCUT2D eigenvalue weighted by Gasteiger charge is 2.43. The molecule has 0 bridgehead atoms. The number of hydrogen-bond donors (Lipinski definition) is 1. The zero-order valence-corrected chi connectivity index (χ0v) is 14.4. The third-order valence-electron chi connectivity index (χ3n) is 4.71. The molecule has 3 heterocycles. The second-order valence-corrected chi connectivity index (χ2v) is 6.26.